The molecule has 1 saturated heterocycles. The largest absolute Gasteiger partial charge is 0.461 e. The number of nitrogens with zero attached hydrogens (tertiary/aromatic N) is 4. The highest BCUT2D eigenvalue weighted by molar-refractivity contribution is 6.33. The molecule has 0 atom stereocenters. The molecule has 1 fully saturated rings. The summed E-state index contributed by atoms with van der Waals surface area (Å²) in [6, 6.07) is 14.3. The lowest BCUT2D eigenvalue weighted by Gasteiger charge is -2.38. The molecule has 0 aliphatic carbocycles. The van der Waals surface area contributed by atoms with E-state index in [0.29, 0.717) is 42.6 Å². The van der Waals surface area contributed by atoms with E-state index >= 15 is 0 Å². The maximum absolute atomic E-state index is 13.3. The third-order valence-electron chi connectivity index (χ3n) is 5.27. The molecule has 1 aliphatic rings. The van der Waals surface area contributed by atoms with Gasteiger partial charge in [0, 0.05) is 32.2 Å². The van der Waals surface area contributed by atoms with Gasteiger partial charge in [0.15, 0.2) is 5.69 Å². The molecule has 1 aliphatic heterocycles. The molecule has 7 nitrogen and oxygen atoms in total. The van der Waals surface area contributed by atoms with Crippen molar-refractivity contribution in [3.8, 4) is 5.69 Å². The first kappa shape index (κ1) is 21.8. The Hall–Kier alpha value is -3.39. The monoisotopic (exact) mass is 456 g/mol. The Labute approximate surface area is 189 Å². The van der Waals surface area contributed by atoms with Crippen LogP contribution in [-0.2, 0) is 4.74 Å². The van der Waals surface area contributed by atoms with E-state index in [1.54, 1.807) is 6.92 Å². The zero-order valence-electron chi connectivity index (χ0n) is 17.5. The fourth-order valence-corrected chi connectivity index (χ4v) is 3.95. The van der Waals surface area contributed by atoms with E-state index in [1.807, 2.05) is 29.2 Å². The van der Waals surface area contributed by atoms with Crippen molar-refractivity contribution in [1.82, 2.24) is 9.78 Å². The van der Waals surface area contributed by atoms with Crippen LogP contribution in [0.15, 0.2) is 59.4 Å². The lowest BCUT2D eigenvalue weighted by Crippen LogP contribution is -2.47. The molecule has 1 aromatic heterocycles. The average molecular weight is 457 g/mol. The number of aromatic nitrogens is 2. The van der Waals surface area contributed by atoms with Gasteiger partial charge in [0.25, 0.3) is 5.56 Å². The Kier molecular flexibility index (Phi) is 6.41. The number of piperazine rings is 1. The van der Waals surface area contributed by atoms with E-state index in [4.69, 9.17) is 16.3 Å². The lowest BCUT2D eigenvalue weighted by molar-refractivity contribution is 0.0518. The molecule has 2 heterocycles. The van der Waals surface area contributed by atoms with E-state index in [-0.39, 0.29) is 12.3 Å². The summed E-state index contributed by atoms with van der Waals surface area (Å²) in [5, 5.41) is 4.97. The Morgan fingerprint density at radius 2 is 1.66 bits per heavy atom. The molecule has 0 bridgehead atoms. The molecule has 9 heteroatoms. The third-order valence-corrected chi connectivity index (χ3v) is 5.58. The lowest BCUT2D eigenvalue weighted by atomic mass is 10.2. The number of benzene rings is 2. The van der Waals surface area contributed by atoms with E-state index in [0.717, 1.165) is 10.4 Å². The van der Waals surface area contributed by atoms with Gasteiger partial charge in [-0.3, -0.25) is 4.79 Å². The molecule has 0 unspecified atom stereocenters. The molecule has 4 rings (SSSR count). The van der Waals surface area contributed by atoms with E-state index < -0.39 is 17.3 Å². The van der Waals surface area contributed by atoms with Crippen molar-refractivity contribution < 1.29 is 13.9 Å². The number of rotatable bonds is 5. The minimum Gasteiger partial charge on any atom is -0.461 e. The molecule has 3 aromatic rings. The smallest absolute Gasteiger partial charge is 0.360 e. The molecule has 0 amide bonds. The molecule has 0 saturated carbocycles. The maximum Gasteiger partial charge on any atom is 0.360 e. The molecule has 0 N–H and O–H groups in total. The number of para-hydroxylation sites is 1. The van der Waals surface area contributed by atoms with Crippen LogP contribution in [0.4, 0.5) is 15.8 Å². The number of hydrogen-bond acceptors (Lipinski definition) is 6. The fraction of sp³-hybridized carbons (Fsp3) is 0.261. The first-order valence-electron chi connectivity index (χ1n) is 10.3. The summed E-state index contributed by atoms with van der Waals surface area (Å²) in [6.45, 7) is 4.34. The Morgan fingerprint density at radius 3 is 2.28 bits per heavy atom. The minimum atomic E-state index is -0.619. The SMILES string of the molecule is CCOC(=O)c1nn(-c2ccc(F)cc2)c(=O)cc1N1CCN(c2ccccc2Cl)CC1. The van der Waals surface area contributed by atoms with Crippen LogP contribution in [-0.4, -0.2) is 48.5 Å². The van der Waals surface area contributed by atoms with Gasteiger partial charge in [-0.2, -0.15) is 9.78 Å². The zero-order chi connectivity index (χ0) is 22.7. The van der Waals surface area contributed by atoms with Crippen LogP contribution in [0.5, 0.6) is 0 Å². The number of esters is 1. The number of halogens is 2. The summed E-state index contributed by atoms with van der Waals surface area (Å²) in [7, 11) is 0. The van der Waals surface area contributed by atoms with Crippen molar-refractivity contribution in [2.24, 2.45) is 0 Å². The van der Waals surface area contributed by atoms with Crippen molar-refractivity contribution in [3.05, 3.63) is 81.5 Å². The van der Waals surface area contributed by atoms with Crippen LogP contribution in [0.2, 0.25) is 5.02 Å². The summed E-state index contributed by atoms with van der Waals surface area (Å²) in [4.78, 5) is 29.6. The summed E-state index contributed by atoms with van der Waals surface area (Å²) in [6.07, 6.45) is 0. The number of carbonyl (C=O) groups excluding carboxylic acids is 1. The van der Waals surface area contributed by atoms with Gasteiger partial charge in [0.05, 0.1) is 28.7 Å². The number of carbonyl (C=O) groups is 1. The van der Waals surface area contributed by atoms with Crippen LogP contribution >= 0.6 is 11.6 Å². The molecular weight excluding hydrogens is 435 g/mol. The van der Waals surface area contributed by atoms with Crippen molar-refractivity contribution >= 4 is 28.9 Å². The topological polar surface area (TPSA) is 67.7 Å². The second-order valence-electron chi connectivity index (χ2n) is 7.25. The Morgan fingerprint density at radius 1 is 1.03 bits per heavy atom. The molecular formula is C23H22ClFN4O3. The normalized spacial score (nSPS) is 13.8. The second-order valence-corrected chi connectivity index (χ2v) is 7.66. The van der Waals surface area contributed by atoms with Crippen molar-refractivity contribution in [2.75, 3.05) is 42.6 Å². The average Bonchev–Trinajstić information content (AvgIpc) is 2.80. The van der Waals surface area contributed by atoms with Crippen LogP contribution in [0.3, 0.4) is 0 Å². The number of ether oxygens (including phenoxy) is 1. The van der Waals surface area contributed by atoms with Gasteiger partial charge in [-0.1, -0.05) is 23.7 Å². The molecule has 166 valence electrons. The Bertz CT molecular complexity index is 1170. The van der Waals surface area contributed by atoms with Gasteiger partial charge in [-0.05, 0) is 43.3 Å². The highest BCUT2D eigenvalue weighted by atomic mass is 35.5. The van der Waals surface area contributed by atoms with E-state index in [1.165, 1.54) is 30.3 Å². The van der Waals surface area contributed by atoms with E-state index in [9.17, 15) is 14.0 Å². The Balaban J connectivity index is 1.65. The highest BCUT2D eigenvalue weighted by Gasteiger charge is 2.26. The van der Waals surface area contributed by atoms with Gasteiger partial charge in [0.1, 0.15) is 5.82 Å². The van der Waals surface area contributed by atoms with Crippen molar-refractivity contribution in [3.63, 3.8) is 0 Å². The van der Waals surface area contributed by atoms with E-state index in [2.05, 4.69) is 10.00 Å². The van der Waals surface area contributed by atoms with Gasteiger partial charge in [0.2, 0.25) is 0 Å². The van der Waals surface area contributed by atoms with Crippen molar-refractivity contribution in [1.29, 1.82) is 0 Å². The minimum absolute atomic E-state index is 0.0435. The zero-order valence-corrected chi connectivity index (χ0v) is 18.3. The standard InChI is InChI=1S/C23H22ClFN4O3/c1-2-32-23(31)22-20(15-21(30)29(26-22)17-9-7-16(25)8-10-17)28-13-11-27(12-14-28)19-6-4-3-5-18(19)24/h3-10,15H,2,11-14H2,1H3. The molecule has 2 aromatic carbocycles. The number of anilines is 2. The van der Waals surface area contributed by atoms with Gasteiger partial charge in [-0.15, -0.1) is 0 Å². The predicted molar refractivity (Wildman–Crippen MR) is 122 cm³/mol. The summed E-state index contributed by atoms with van der Waals surface area (Å²) in [5.41, 5.74) is 1.35. The highest BCUT2D eigenvalue weighted by Crippen LogP contribution is 2.28. The second kappa shape index (κ2) is 9.40. The summed E-state index contributed by atoms with van der Waals surface area (Å²) >= 11 is 6.32. The van der Waals surface area contributed by atoms with Gasteiger partial charge < -0.3 is 14.5 Å². The summed E-state index contributed by atoms with van der Waals surface area (Å²) in [5.74, 6) is -1.05. The summed E-state index contributed by atoms with van der Waals surface area (Å²) < 4.78 is 19.6. The number of hydrogen-bond donors (Lipinski definition) is 0. The first-order chi connectivity index (χ1) is 15.5. The van der Waals surface area contributed by atoms with Gasteiger partial charge in [-0.25, -0.2) is 9.18 Å². The molecule has 32 heavy (non-hydrogen) atoms. The van der Waals surface area contributed by atoms with Crippen LogP contribution in [0, 0.1) is 5.82 Å². The van der Waals surface area contributed by atoms with Crippen LogP contribution < -0.4 is 15.4 Å². The van der Waals surface area contributed by atoms with Crippen molar-refractivity contribution in [2.45, 2.75) is 6.92 Å². The first-order valence-corrected chi connectivity index (χ1v) is 10.7. The fourth-order valence-electron chi connectivity index (χ4n) is 3.70. The van der Waals surface area contributed by atoms with Crippen LogP contribution in [0.25, 0.3) is 5.69 Å². The third kappa shape index (κ3) is 4.45. The predicted octanol–water partition coefficient (Wildman–Crippen LogP) is 3.53. The van der Waals surface area contributed by atoms with Gasteiger partial charge >= 0.3 is 5.97 Å². The molecule has 0 spiro atoms. The maximum atomic E-state index is 13.3. The van der Waals surface area contributed by atoms with Crippen LogP contribution in [0.1, 0.15) is 17.4 Å². The molecule has 0 radical (unpaired) electrons. The quantitative estimate of drug-likeness (QED) is 0.547.